The highest BCUT2D eigenvalue weighted by Crippen LogP contribution is 2.37. The number of piperidine rings is 1. The molecule has 6 nitrogen and oxygen atoms in total. The molecule has 26 heavy (non-hydrogen) atoms. The van der Waals surface area contributed by atoms with Gasteiger partial charge in [0.15, 0.2) is 11.5 Å². The number of benzene rings is 1. The Hall–Kier alpha value is -2.05. The van der Waals surface area contributed by atoms with E-state index in [0.29, 0.717) is 18.8 Å². The van der Waals surface area contributed by atoms with E-state index in [0.717, 1.165) is 31.1 Å². The average Bonchev–Trinajstić information content (AvgIpc) is 3.25. The van der Waals surface area contributed by atoms with Crippen LogP contribution in [0.3, 0.4) is 0 Å². The fourth-order valence-corrected chi connectivity index (χ4v) is 4.44. The van der Waals surface area contributed by atoms with Gasteiger partial charge in [-0.25, -0.2) is 4.98 Å². The maximum Gasteiger partial charge on any atom is 0.231 e. The summed E-state index contributed by atoms with van der Waals surface area (Å²) in [6.45, 7) is 3.38. The highest BCUT2D eigenvalue weighted by atomic mass is 16.7. The van der Waals surface area contributed by atoms with Crippen LogP contribution in [0.2, 0.25) is 0 Å². The van der Waals surface area contributed by atoms with Crippen molar-refractivity contribution in [2.45, 2.75) is 25.4 Å². The standard InChI is InChI=1S/C20H28N4O2/c1-22(12-16-6-4-8-18-20(16)26-14-25-18)11-15-7-5-9-23(2)19(15)17-10-21-13-24(17)3/h4,6,8,10,13,15,19H,5,7,9,11-12,14H2,1-3H3/t15-,19+/m0/s1. The molecule has 2 aliphatic heterocycles. The van der Waals surface area contributed by atoms with Crippen molar-refractivity contribution in [3.05, 3.63) is 42.0 Å². The zero-order valence-corrected chi connectivity index (χ0v) is 15.9. The number of aromatic nitrogens is 2. The molecule has 0 amide bonds. The van der Waals surface area contributed by atoms with E-state index in [2.05, 4.69) is 46.6 Å². The Labute approximate surface area is 155 Å². The first-order chi connectivity index (χ1) is 12.6. The van der Waals surface area contributed by atoms with Gasteiger partial charge in [-0.3, -0.25) is 4.90 Å². The molecule has 1 aromatic heterocycles. The van der Waals surface area contributed by atoms with Gasteiger partial charge in [0.05, 0.1) is 18.1 Å². The first-order valence-electron chi connectivity index (χ1n) is 9.36. The lowest BCUT2D eigenvalue weighted by Crippen LogP contribution is -2.41. The van der Waals surface area contributed by atoms with Gasteiger partial charge in [-0.05, 0) is 45.5 Å². The van der Waals surface area contributed by atoms with Crippen LogP contribution in [0.15, 0.2) is 30.7 Å². The molecular formula is C20H28N4O2. The van der Waals surface area contributed by atoms with E-state index in [4.69, 9.17) is 9.47 Å². The fraction of sp³-hybridized carbons (Fsp3) is 0.550. The van der Waals surface area contributed by atoms with E-state index in [1.54, 1.807) is 0 Å². The van der Waals surface area contributed by atoms with E-state index in [1.165, 1.54) is 24.1 Å². The molecule has 0 unspecified atom stereocenters. The second kappa shape index (κ2) is 7.29. The van der Waals surface area contributed by atoms with Gasteiger partial charge in [-0.15, -0.1) is 0 Å². The molecule has 4 rings (SSSR count). The smallest absolute Gasteiger partial charge is 0.231 e. The van der Waals surface area contributed by atoms with Crippen molar-refractivity contribution < 1.29 is 9.47 Å². The van der Waals surface area contributed by atoms with Crippen LogP contribution in [-0.2, 0) is 13.6 Å². The third-order valence-corrected chi connectivity index (χ3v) is 5.63. The summed E-state index contributed by atoms with van der Waals surface area (Å²) in [4.78, 5) is 9.23. The Balaban J connectivity index is 1.48. The molecule has 1 fully saturated rings. The number of likely N-dealkylation sites (tertiary alicyclic amines) is 1. The van der Waals surface area contributed by atoms with Crippen molar-refractivity contribution in [2.24, 2.45) is 13.0 Å². The number of imidazole rings is 1. The number of hydrogen-bond donors (Lipinski definition) is 0. The first-order valence-corrected chi connectivity index (χ1v) is 9.36. The molecule has 140 valence electrons. The molecule has 2 aromatic rings. The lowest BCUT2D eigenvalue weighted by Gasteiger charge is -2.40. The predicted octanol–water partition coefficient (Wildman–Crippen LogP) is 2.66. The van der Waals surface area contributed by atoms with Crippen LogP contribution in [0.5, 0.6) is 11.5 Å². The summed E-state index contributed by atoms with van der Waals surface area (Å²) in [5.74, 6) is 2.35. The lowest BCUT2D eigenvalue weighted by molar-refractivity contribution is 0.0877. The van der Waals surface area contributed by atoms with Crippen molar-refractivity contribution in [1.29, 1.82) is 0 Å². The van der Waals surface area contributed by atoms with Gasteiger partial charge in [-0.2, -0.15) is 0 Å². The molecule has 0 saturated carbocycles. The normalized spacial score (nSPS) is 22.9. The summed E-state index contributed by atoms with van der Waals surface area (Å²) in [5, 5.41) is 0. The van der Waals surface area contributed by atoms with Crippen LogP contribution in [-0.4, -0.2) is 53.3 Å². The number of fused-ring (bicyclic) bond motifs is 1. The third kappa shape index (κ3) is 3.31. The Bertz CT molecular complexity index is 760. The molecule has 2 aliphatic rings. The molecular weight excluding hydrogens is 328 g/mol. The largest absolute Gasteiger partial charge is 0.454 e. The van der Waals surface area contributed by atoms with Gasteiger partial charge in [0.1, 0.15) is 0 Å². The maximum absolute atomic E-state index is 5.66. The Morgan fingerprint density at radius 3 is 2.96 bits per heavy atom. The average molecular weight is 356 g/mol. The molecule has 0 spiro atoms. The highest BCUT2D eigenvalue weighted by molar-refractivity contribution is 5.48. The van der Waals surface area contributed by atoms with Crippen LogP contribution in [0, 0.1) is 5.92 Å². The third-order valence-electron chi connectivity index (χ3n) is 5.63. The second-order valence-corrected chi connectivity index (χ2v) is 7.60. The van der Waals surface area contributed by atoms with E-state index in [1.807, 2.05) is 24.7 Å². The van der Waals surface area contributed by atoms with E-state index in [-0.39, 0.29) is 0 Å². The van der Waals surface area contributed by atoms with Crippen molar-refractivity contribution >= 4 is 0 Å². The summed E-state index contributed by atoms with van der Waals surface area (Å²) in [6.07, 6.45) is 6.43. The van der Waals surface area contributed by atoms with Crippen molar-refractivity contribution in [2.75, 3.05) is 34.0 Å². The molecule has 1 aromatic carbocycles. The van der Waals surface area contributed by atoms with Crippen LogP contribution in [0.25, 0.3) is 0 Å². The second-order valence-electron chi connectivity index (χ2n) is 7.60. The Morgan fingerprint density at radius 1 is 1.27 bits per heavy atom. The van der Waals surface area contributed by atoms with Gasteiger partial charge in [-0.1, -0.05) is 12.1 Å². The Morgan fingerprint density at radius 2 is 2.15 bits per heavy atom. The Kier molecular flexibility index (Phi) is 4.87. The minimum absolute atomic E-state index is 0.325. The van der Waals surface area contributed by atoms with Gasteiger partial charge < -0.3 is 18.9 Å². The highest BCUT2D eigenvalue weighted by Gasteiger charge is 2.33. The van der Waals surface area contributed by atoms with Crippen LogP contribution in [0.4, 0.5) is 0 Å². The topological polar surface area (TPSA) is 42.8 Å². The summed E-state index contributed by atoms with van der Waals surface area (Å²) < 4.78 is 13.3. The molecule has 0 N–H and O–H groups in total. The summed E-state index contributed by atoms with van der Waals surface area (Å²) >= 11 is 0. The predicted molar refractivity (Wildman–Crippen MR) is 100 cm³/mol. The number of rotatable bonds is 5. The van der Waals surface area contributed by atoms with Gasteiger partial charge in [0, 0.05) is 31.9 Å². The minimum Gasteiger partial charge on any atom is -0.454 e. The van der Waals surface area contributed by atoms with Crippen LogP contribution < -0.4 is 9.47 Å². The molecule has 6 heteroatoms. The zero-order chi connectivity index (χ0) is 18.1. The molecule has 1 saturated heterocycles. The quantitative estimate of drug-likeness (QED) is 0.824. The summed E-state index contributed by atoms with van der Waals surface area (Å²) in [6, 6.07) is 6.57. The number of aryl methyl sites for hydroxylation is 1. The van der Waals surface area contributed by atoms with Gasteiger partial charge in [0.25, 0.3) is 0 Å². The number of ether oxygens (including phenoxy) is 2. The monoisotopic (exact) mass is 356 g/mol. The van der Waals surface area contributed by atoms with Crippen molar-refractivity contribution in [3.63, 3.8) is 0 Å². The molecule has 0 bridgehead atoms. The van der Waals surface area contributed by atoms with Crippen molar-refractivity contribution in [1.82, 2.24) is 19.4 Å². The van der Waals surface area contributed by atoms with E-state index in [9.17, 15) is 0 Å². The van der Waals surface area contributed by atoms with Crippen LogP contribution >= 0.6 is 0 Å². The maximum atomic E-state index is 5.66. The molecule has 3 heterocycles. The van der Waals surface area contributed by atoms with Gasteiger partial charge >= 0.3 is 0 Å². The fourth-order valence-electron chi connectivity index (χ4n) is 4.44. The lowest BCUT2D eigenvalue weighted by atomic mass is 9.87. The number of nitrogens with zero attached hydrogens (tertiary/aromatic N) is 4. The number of hydrogen-bond acceptors (Lipinski definition) is 5. The van der Waals surface area contributed by atoms with Crippen LogP contribution in [0.1, 0.15) is 30.1 Å². The van der Waals surface area contributed by atoms with Crippen molar-refractivity contribution in [3.8, 4) is 11.5 Å². The summed E-state index contributed by atoms with van der Waals surface area (Å²) in [7, 11) is 6.53. The van der Waals surface area contributed by atoms with Gasteiger partial charge in [0.2, 0.25) is 6.79 Å². The van der Waals surface area contributed by atoms with E-state index >= 15 is 0 Å². The van der Waals surface area contributed by atoms with E-state index < -0.39 is 0 Å². The molecule has 0 aliphatic carbocycles. The molecule has 0 radical (unpaired) electrons. The molecule has 2 atom stereocenters. The number of para-hydroxylation sites is 1. The zero-order valence-electron chi connectivity index (χ0n) is 15.9. The first kappa shape index (κ1) is 17.4. The SMILES string of the molecule is CN(Cc1cccc2c1OCO2)C[C@@H]1CCCN(C)[C@H]1c1cncn1C. The summed E-state index contributed by atoms with van der Waals surface area (Å²) in [5.41, 5.74) is 2.51. The minimum atomic E-state index is 0.325.